The van der Waals surface area contributed by atoms with Gasteiger partial charge in [-0.3, -0.25) is 0 Å². The molecule has 1 aliphatic rings. The molecule has 0 heteroatoms. The van der Waals surface area contributed by atoms with Crippen molar-refractivity contribution in [3.05, 3.63) is 119 Å². The Bertz CT molecular complexity index is 1200. The molecule has 142 valence electrons. The quantitative estimate of drug-likeness (QED) is 0.318. The third-order valence-corrected chi connectivity index (χ3v) is 6.09. The lowest BCUT2D eigenvalue weighted by molar-refractivity contribution is 0.660. The standard InChI is InChI=1S/C29H24.H2/c1-29(2)27-11-7-6-10-25(27)26-19-16-22(20-28(26)29)13-12-21-14-17-24(18-15-21)23-8-4-3-5-9-23;/h3-20H,1-2H3;1H/b13-12-;. The van der Waals surface area contributed by atoms with Crippen LogP contribution in [0.25, 0.3) is 34.4 Å². The molecule has 4 aromatic rings. The van der Waals surface area contributed by atoms with E-state index in [1.807, 2.05) is 0 Å². The van der Waals surface area contributed by atoms with Crippen LogP contribution in [0.1, 0.15) is 37.5 Å². The molecule has 29 heavy (non-hydrogen) atoms. The van der Waals surface area contributed by atoms with Crippen LogP contribution < -0.4 is 0 Å². The average Bonchev–Trinajstić information content (AvgIpc) is 3.00. The van der Waals surface area contributed by atoms with Gasteiger partial charge in [0, 0.05) is 6.84 Å². The first-order valence-corrected chi connectivity index (χ1v) is 10.2. The summed E-state index contributed by atoms with van der Waals surface area (Å²) >= 11 is 0. The SMILES string of the molecule is CC1(C)c2ccccc2-c2ccc(/C=C\c3ccc(-c4ccccc4)cc3)cc21.[HH]. The van der Waals surface area contributed by atoms with Crippen LogP contribution in [0.5, 0.6) is 0 Å². The van der Waals surface area contributed by atoms with Gasteiger partial charge in [0.1, 0.15) is 0 Å². The van der Waals surface area contributed by atoms with E-state index in [1.54, 1.807) is 0 Å². The molecule has 0 nitrogen and oxygen atoms in total. The van der Waals surface area contributed by atoms with Crippen LogP contribution in [0.15, 0.2) is 97.1 Å². The van der Waals surface area contributed by atoms with E-state index in [0.29, 0.717) is 0 Å². The molecule has 1 aliphatic carbocycles. The largest absolute Gasteiger partial charge is 0.0622 e. The molecule has 5 rings (SSSR count). The van der Waals surface area contributed by atoms with Crippen molar-refractivity contribution in [1.82, 2.24) is 0 Å². The Balaban J connectivity index is 0.00000218. The minimum Gasteiger partial charge on any atom is -0.0622 e. The van der Waals surface area contributed by atoms with E-state index in [1.165, 1.54) is 44.5 Å². The normalized spacial score (nSPS) is 14.0. The molecular formula is C29H26. The Morgan fingerprint density at radius 2 is 1.14 bits per heavy atom. The average molecular weight is 375 g/mol. The molecule has 0 heterocycles. The highest BCUT2D eigenvalue weighted by atomic mass is 14.4. The lowest BCUT2D eigenvalue weighted by Gasteiger charge is -2.21. The van der Waals surface area contributed by atoms with Crippen LogP contribution in [-0.4, -0.2) is 0 Å². The zero-order valence-corrected chi connectivity index (χ0v) is 16.9. The van der Waals surface area contributed by atoms with E-state index in [4.69, 9.17) is 0 Å². The van der Waals surface area contributed by atoms with Gasteiger partial charge in [0.15, 0.2) is 0 Å². The predicted octanol–water partition coefficient (Wildman–Crippen LogP) is 8.08. The topological polar surface area (TPSA) is 0 Å². The van der Waals surface area contributed by atoms with E-state index in [0.717, 1.165) is 0 Å². The fourth-order valence-electron chi connectivity index (χ4n) is 4.44. The van der Waals surface area contributed by atoms with Crippen LogP contribution in [0.2, 0.25) is 0 Å². The summed E-state index contributed by atoms with van der Waals surface area (Å²) in [5, 5.41) is 0. The van der Waals surface area contributed by atoms with Crippen LogP contribution in [0.4, 0.5) is 0 Å². The fraction of sp³-hybridized carbons (Fsp3) is 0.103. The van der Waals surface area contributed by atoms with Crippen LogP contribution >= 0.6 is 0 Å². The first-order valence-electron chi connectivity index (χ1n) is 10.2. The fourth-order valence-corrected chi connectivity index (χ4v) is 4.44. The van der Waals surface area contributed by atoms with Gasteiger partial charge < -0.3 is 0 Å². The molecule has 0 spiro atoms. The molecule has 0 unspecified atom stereocenters. The smallest absolute Gasteiger partial charge is 0.0159 e. The van der Waals surface area contributed by atoms with E-state index in [9.17, 15) is 0 Å². The number of hydrogen-bond donors (Lipinski definition) is 0. The Morgan fingerprint density at radius 1 is 0.552 bits per heavy atom. The van der Waals surface area contributed by atoms with Crippen LogP contribution in [0.3, 0.4) is 0 Å². The summed E-state index contributed by atoms with van der Waals surface area (Å²) in [4.78, 5) is 0. The number of rotatable bonds is 3. The van der Waals surface area contributed by atoms with Crippen molar-refractivity contribution in [2.24, 2.45) is 0 Å². The van der Waals surface area contributed by atoms with Crippen molar-refractivity contribution in [3.63, 3.8) is 0 Å². The van der Waals surface area contributed by atoms with Crippen molar-refractivity contribution >= 4 is 12.2 Å². The van der Waals surface area contributed by atoms with Gasteiger partial charge in [-0.2, -0.15) is 0 Å². The van der Waals surface area contributed by atoms with Gasteiger partial charge in [-0.05, 0) is 44.5 Å². The zero-order chi connectivity index (χ0) is 19.8. The van der Waals surface area contributed by atoms with Crippen LogP contribution in [-0.2, 0) is 5.41 Å². The molecule has 0 bridgehead atoms. The van der Waals surface area contributed by atoms with Gasteiger partial charge >= 0.3 is 0 Å². The molecule has 0 saturated carbocycles. The second kappa shape index (κ2) is 6.90. The van der Waals surface area contributed by atoms with E-state index >= 15 is 0 Å². The number of fused-ring (bicyclic) bond motifs is 3. The molecule has 0 fully saturated rings. The predicted molar refractivity (Wildman–Crippen MR) is 127 cm³/mol. The van der Waals surface area contributed by atoms with Crippen LogP contribution in [0, 0.1) is 0 Å². The van der Waals surface area contributed by atoms with Gasteiger partial charge in [0.2, 0.25) is 0 Å². The maximum absolute atomic E-state index is 2.35. The summed E-state index contributed by atoms with van der Waals surface area (Å²) in [6.45, 7) is 4.65. The Labute approximate surface area is 174 Å². The first kappa shape index (κ1) is 17.7. The first-order chi connectivity index (χ1) is 14.1. The van der Waals surface area contributed by atoms with Gasteiger partial charge in [0.05, 0.1) is 0 Å². The second-order valence-electron chi connectivity index (χ2n) is 8.30. The number of benzene rings is 4. The van der Waals surface area contributed by atoms with Crippen molar-refractivity contribution in [1.29, 1.82) is 0 Å². The highest BCUT2D eigenvalue weighted by Gasteiger charge is 2.34. The van der Waals surface area contributed by atoms with E-state index < -0.39 is 0 Å². The summed E-state index contributed by atoms with van der Waals surface area (Å²) in [5.41, 5.74) is 10.6. The number of hydrogen-bond acceptors (Lipinski definition) is 0. The molecule has 0 atom stereocenters. The maximum Gasteiger partial charge on any atom is 0.0159 e. The molecule has 0 radical (unpaired) electrons. The van der Waals surface area contributed by atoms with Crippen molar-refractivity contribution in [3.8, 4) is 22.3 Å². The van der Waals surface area contributed by atoms with E-state index in [-0.39, 0.29) is 6.84 Å². The molecule has 0 N–H and O–H groups in total. The lowest BCUT2D eigenvalue weighted by atomic mass is 9.82. The zero-order valence-electron chi connectivity index (χ0n) is 16.9. The van der Waals surface area contributed by atoms with Gasteiger partial charge in [-0.25, -0.2) is 0 Å². The Hall–Kier alpha value is -3.38. The van der Waals surface area contributed by atoms with Crippen molar-refractivity contribution in [2.45, 2.75) is 19.3 Å². The van der Waals surface area contributed by atoms with Gasteiger partial charge in [-0.1, -0.05) is 123 Å². The molecular weight excluding hydrogens is 348 g/mol. The van der Waals surface area contributed by atoms with E-state index in [2.05, 4.69) is 123 Å². The summed E-state index contributed by atoms with van der Waals surface area (Å²) in [6, 6.07) is 34.9. The van der Waals surface area contributed by atoms with Gasteiger partial charge in [-0.15, -0.1) is 0 Å². The Kier molecular flexibility index (Phi) is 4.21. The highest BCUT2D eigenvalue weighted by molar-refractivity contribution is 5.83. The molecule has 0 aliphatic heterocycles. The summed E-state index contributed by atoms with van der Waals surface area (Å²) < 4.78 is 0. The minimum absolute atomic E-state index is 0. The maximum atomic E-state index is 2.35. The minimum atomic E-state index is 0. The van der Waals surface area contributed by atoms with Crippen molar-refractivity contribution < 1.29 is 1.43 Å². The van der Waals surface area contributed by atoms with Gasteiger partial charge in [0.25, 0.3) is 0 Å². The highest BCUT2D eigenvalue weighted by Crippen LogP contribution is 2.48. The third kappa shape index (κ3) is 3.11. The monoisotopic (exact) mass is 374 g/mol. The molecule has 0 aromatic heterocycles. The lowest BCUT2D eigenvalue weighted by Crippen LogP contribution is -2.14. The Morgan fingerprint density at radius 3 is 1.93 bits per heavy atom. The molecule has 0 saturated heterocycles. The summed E-state index contributed by atoms with van der Waals surface area (Å²) in [7, 11) is 0. The van der Waals surface area contributed by atoms with Crippen molar-refractivity contribution in [2.75, 3.05) is 0 Å². The molecule has 4 aromatic carbocycles. The summed E-state index contributed by atoms with van der Waals surface area (Å²) in [5.74, 6) is 0. The summed E-state index contributed by atoms with van der Waals surface area (Å²) in [6.07, 6.45) is 4.42. The molecule has 0 amide bonds. The second-order valence-corrected chi connectivity index (χ2v) is 8.30. The third-order valence-electron chi connectivity index (χ3n) is 6.09.